The zero-order valence-corrected chi connectivity index (χ0v) is 14.1. The van der Waals surface area contributed by atoms with Crippen molar-refractivity contribution >= 4 is 5.91 Å². The molecule has 1 amide bonds. The number of carbonyl (C=O) groups excluding carboxylic acids is 1. The van der Waals surface area contributed by atoms with E-state index in [-0.39, 0.29) is 30.1 Å². The monoisotopic (exact) mass is 331 g/mol. The van der Waals surface area contributed by atoms with Crippen LogP contribution >= 0.6 is 0 Å². The first-order valence-corrected chi connectivity index (χ1v) is 8.11. The molecule has 1 fully saturated rings. The predicted molar refractivity (Wildman–Crippen MR) is 88.0 cm³/mol. The number of benzene rings is 1. The molecular formula is C19H22FNO3. The van der Waals surface area contributed by atoms with Crippen LogP contribution in [0.5, 0.6) is 0 Å². The van der Waals surface area contributed by atoms with E-state index < -0.39 is 5.60 Å². The van der Waals surface area contributed by atoms with Gasteiger partial charge in [0.25, 0.3) is 0 Å². The van der Waals surface area contributed by atoms with E-state index in [2.05, 4.69) is 5.32 Å². The summed E-state index contributed by atoms with van der Waals surface area (Å²) in [6.07, 6.45) is 0.710. The van der Waals surface area contributed by atoms with Crippen LogP contribution in [0, 0.1) is 25.6 Å². The largest absolute Gasteiger partial charge is 0.466 e. The molecule has 3 unspecified atom stereocenters. The summed E-state index contributed by atoms with van der Waals surface area (Å²) < 4.78 is 18.7. The third kappa shape index (κ3) is 3.36. The van der Waals surface area contributed by atoms with E-state index >= 15 is 0 Å². The van der Waals surface area contributed by atoms with Crippen LogP contribution in [-0.2, 0) is 10.4 Å². The first-order chi connectivity index (χ1) is 11.3. The second-order valence-electron chi connectivity index (χ2n) is 6.82. The Balaban J connectivity index is 1.59. The molecule has 2 N–H and O–H groups in total. The number of rotatable bonds is 5. The molecule has 2 aromatic rings. The maximum atomic E-state index is 13.3. The van der Waals surface area contributed by atoms with Gasteiger partial charge in [-0.25, -0.2) is 4.39 Å². The van der Waals surface area contributed by atoms with Gasteiger partial charge in [0.2, 0.25) is 5.91 Å². The molecule has 0 saturated heterocycles. The van der Waals surface area contributed by atoms with E-state index in [0.717, 1.165) is 11.3 Å². The molecule has 1 aromatic heterocycles. The zero-order valence-electron chi connectivity index (χ0n) is 14.1. The van der Waals surface area contributed by atoms with E-state index in [1.807, 2.05) is 13.0 Å². The lowest BCUT2D eigenvalue weighted by atomic mass is 9.96. The molecule has 1 saturated carbocycles. The SMILES string of the molecule is Cc1cc(C(C)(O)CNC(=O)C2CC2c2cccc(F)c2)c(C)o1. The molecule has 3 rings (SSSR count). The van der Waals surface area contributed by atoms with Crippen molar-refractivity contribution in [2.75, 3.05) is 6.54 Å². The van der Waals surface area contributed by atoms with Crippen molar-refractivity contribution in [3.8, 4) is 0 Å². The third-order valence-electron chi connectivity index (χ3n) is 4.63. The van der Waals surface area contributed by atoms with Crippen LogP contribution < -0.4 is 5.32 Å². The van der Waals surface area contributed by atoms with Gasteiger partial charge >= 0.3 is 0 Å². The topological polar surface area (TPSA) is 62.5 Å². The average Bonchev–Trinajstić information content (AvgIpc) is 3.24. The molecule has 1 aromatic carbocycles. The van der Waals surface area contributed by atoms with Gasteiger partial charge in [0.15, 0.2) is 0 Å². The summed E-state index contributed by atoms with van der Waals surface area (Å²) in [6, 6.07) is 8.16. The van der Waals surface area contributed by atoms with Crippen LogP contribution in [0.2, 0.25) is 0 Å². The predicted octanol–water partition coefficient (Wildman–Crippen LogP) is 3.16. The number of aryl methyl sites for hydroxylation is 2. The van der Waals surface area contributed by atoms with Crippen molar-refractivity contribution in [1.82, 2.24) is 5.32 Å². The first kappa shape index (κ1) is 16.7. The van der Waals surface area contributed by atoms with Gasteiger partial charge < -0.3 is 14.8 Å². The van der Waals surface area contributed by atoms with Gasteiger partial charge in [-0.15, -0.1) is 0 Å². The highest BCUT2D eigenvalue weighted by molar-refractivity contribution is 5.83. The summed E-state index contributed by atoms with van der Waals surface area (Å²) in [5.74, 6) is 0.881. The van der Waals surface area contributed by atoms with E-state index in [4.69, 9.17) is 4.42 Å². The molecule has 1 aliphatic carbocycles. The Bertz CT molecular complexity index is 766. The van der Waals surface area contributed by atoms with Gasteiger partial charge in [-0.3, -0.25) is 4.79 Å². The van der Waals surface area contributed by atoms with Gasteiger partial charge in [0.05, 0.1) is 6.54 Å². The summed E-state index contributed by atoms with van der Waals surface area (Å²) >= 11 is 0. The van der Waals surface area contributed by atoms with Crippen LogP contribution in [0.25, 0.3) is 0 Å². The molecule has 5 heteroatoms. The van der Waals surface area contributed by atoms with E-state index in [9.17, 15) is 14.3 Å². The molecule has 24 heavy (non-hydrogen) atoms. The molecule has 1 heterocycles. The maximum absolute atomic E-state index is 13.3. The number of hydrogen-bond donors (Lipinski definition) is 2. The Morgan fingerprint density at radius 3 is 2.79 bits per heavy atom. The van der Waals surface area contributed by atoms with Crippen molar-refractivity contribution < 1.29 is 18.7 Å². The fourth-order valence-electron chi connectivity index (χ4n) is 3.24. The Morgan fingerprint density at radius 1 is 1.42 bits per heavy atom. The third-order valence-corrected chi connectivity index (χ3v) is 4.63. The molecule has 0 spiro atoms. The smallest absolute Gasteiger partial charge is 0.223 e. The zero-order chi connectivity index (χ0) is 17.5. The van der Waals surface area contributed by atoms with Crippen molar-refractivity contribution in [3.63, 3.8) is 0 Å². The minimum absolute atomic E-state index is 0.0588. The minimum Gasteiger partial charge on any atom is -0.466 e. The number of hydrogen-bond acceptors (Lipinski definition) is 3. The normalized spacial score (nSPS) is 22.0. The Hall–Kier alpha value is -2.14. The summed E-state index contributed by atoms with van der Waals surface area (Å²) in [5.41, 5.74) is 0.335. The fraction of sp³-hybridized carbons (Fsp3) is 0.421. The fourth-order valence-corrected chi connectivity index (χ4v) is 3.24. The molecule has 0 bridgehead atoms. The number of nitrogens with one attached hydrogen (secondary N) is 1. The van der Waals surface area contributed by atoms with Crippen LogP contribution in [0.3, 0.4) is 0 Å². The number of furan rings is 1. The summed E-state index contributed by atoms with van der Waals surface area (Å²) in [5, 5.41) is 13.4. The summed E-state index contributed by atoms with van der Waals surface area (Å²) in [7, 11) is 0. The molecule has 128 valence electrons. The second kappa shape index (κ2) is 6.06. The first-order valence-electron chi connectivity index (χ1n) is 8.11. The standard InChI is InChI=1S/C19H22FNO3/c1-11-7-17(12(2)24-11)19(3,23)10-21-18(22)16-9-15(16)13-5-4-6-14(20)8-13/h4-8,15-16,23H,9-10H2,1-3H3,(H,21,22). The quantitative estimate of drug-likeness (QED) is 0.885. The highest BCUT2D eigenvalue weighted by Crippen LogP contribution is 2.47. The average molecular weight is 331 g/mol. The molecule has 4 nitrogen and oxygen atoms in total. The Morgan fingerprint density at radius 2 is 2.17 bits per heavy atom. The summed E-state index contributed by atoms with van der Waals surface area (Å²) in [6.45, 7) is 5.37. The van der Waals surface area contributed by atoms with Crippen molar-refractivity contribution in [3.05, 3.63) is 58.8 Å². The van der Waals surface area contributed by atoms with E-state index in [1.165, 1.54) is 12.1 Å². The van der Waals surface area contributed by atoms with Crippen molar-refractivity contribution in [2.24, 2.45) is 5.92 Å². The van der Waals surface area contributed by atoms with Crippen LogP contribution in [0.1, 0.15) is 41.9 Å². The van der Waals surface area contributed by atoms with Crippen molar-refractivity contribution in [2.45, 2.75) is 38.7 Å². The number of amides is 1. The van der Waals surface area contributed by atoms with Gasteiger partial charge in [0, 0.05) is 11.5 Å². The molecule has 0 aliphatic heterocycles. The Kier molecular flexibility index (Phi) is 4.22. The molecule has 0 radical (unpaired) electrons. The van der Waals surface area contributed by atoms with Crippen LogP contribution in [-0.4, -0.2) is 17.6 Å². The lowest BCUT2D eigenvalue weighted by Gasteiger charge is -2.23. The van der Waals surface area contributed by atoms with Gasteiger partial charge in [-0.05, 0) is 56.9 Å². The summed E-state index contributed by atoms with van der Waals surface area (Å²) in [4.78, 5) is 12.3. The van der Waals surface area contributed by atoms with E-state index in [1.54, 1.807) is 26.0 Å². The maximum Gasteiger partial charge on any atom is 0.223 e. The highest BCUT2D eigenvalue weighted by Gasteiger charge is 2.44. The number of carbonyl (C=O) groups is 1. The Labute approximate surface area is 140 Å². The minimum atomic E-state index is -1.19. The van der Waals surface area contributed by atoms with Crippen molar-refractivity contribution in [1.29, 1.82) is 0 Å². The molecule has 3 atom stereocenters. The number of halogens is 1. The molecule has 1 aliphatic rings. The van der Waals surface area contributed by atoms with Gasteiger partial charge in [0.1, 0.15) is 22.9 Å². The van der Waals surface area contributed by atoms with Gasteiger partial charge in [-0.1, -0.05) is 12.1 Å². The lowest BCUT2D eigenvalue weighted by molar-refractivity contribution is -0.123. The van der Waals surface area contributed by atoms with Crippen LogP contribution in [0.15, 0.2) is 34.7 Å². The highest BCUT2D eigenvalue weighted by atomic mass is 19.1. The lowest BCUT2D eigenvalue weighted by Crippen LogP contribution is -2.39. The van der Waals surface area contributed by atoms with E-state index in [0.29, 0.717) is 17.7 Å². The van der Waals surface area contributed by atoms with Crippen LogP contribution in [0.4, 0.5) is 4.39 Å². The molecular weight excluding hydrogens is 309 g/mol. The second-order valence-corrected chi connectivity index (χ2v) is 6.82. The van der Waals surface area contributed by atoms with Gasteiger partial charge in [-0.2, -0.15) is 0 Å². The number of aliphatic hydroxyl groups is 1.